The number of nitrogens with one attached hydrogen (secondary N) is 2. The highest BCUT2D eigenvalue weighted by atomic mass is 32.2. The molecule has 1 aromatic carbocycles. The van der Waals surface area contributed by atoms with Gasteiger partial charge in [-0.2, -0.15) is 13.2 Å². The van der Waals surface area contributed by atoms with E-state index in [-0.39, 0.29) is 17.1 Å². The Balaban J connectivity index is 2.21. The van der Waals surface area contributed by atoms with E-state index in [1.54, 1.807) is 0 Å². The van der Waals surface area contributed by atoms with Crippen LogP contribution in [0.4, 0.5) is 18.9 Å². The normalized spacial score (nSPS) is 12.4. The fourth-order valence-corrected chi connectivity index (χ4v) is 2.71. The molecule has 4 N–H and O–H groups in total. The van der Waals surface area contributed by atoms with Gasteiger partial charge in [-0.05, 0) is 30.3 Å². The molecule has 0 aliphatic heterocycles. The zero-order chi connectivity index (χ0) is 15.7. The van der Waals surface area contributed by atoms with Crippen LogP contribution in [0.25, 0.3) is 0 Å². The number of sulfonamides is 1. The van der Waals surface area contributed by atoms with Crippen molar-refractivity contribution in [2.24, 2.45) is 5.73 Å². The summed E-state index contributed by atoms with van der Waals surface area (Å²) < 4.78 is 63.5. The number of nitrogens with two attached hydrogens (primary N) is 1. The monoisotopic (exact) mass is 319 g/mol. The SMILES string of the molecule is NCc1cc(S(=O)(=O)Nc2ccc(C(F)(F)F)cc2)c[nH]1. The fraction of sp³-hybridized carbons (Fsp3) is 0.167. The van der Waals surface area contributed by atoms with Crippen molar-refractivity contribution in [3.05, 3.63) is 47.8 Å². The topological polar surface area (TPSA) is 88.0 Å². The number of alkyl halides is 3. The lowest BCUT2D eigenvalue weighted by atomic mass is 10.2. The number of hydrogen-bond donors (Lipinski definition) is 3. The van der Waals surface area contributed by atoms with E-state index in [9.17, 15) is 21.6 Å². The minimum Gasteiger partial charge on any atom is -0.363 e. The number of rotatable bonds is 4. The van der Waals surface area contributed by atoms with Gasteiger partial charge in [0.2, 0.25) is 0 Å². The van der Waals surface area contributed by atoms with Crippen LogP contribution in [-0.2, 0) is 22.7 Å². The van der Waals surface area contributed by atoms with Crippen LogP contribution in [0, 0.1) is 0 Å². The van der Waals surface area contributed by atoms with Crippen molar-refractivity contribution in [1.82, 2.24) is 4.98 Å². The maximum Gasteiger partial charge on any atom is 0.416 e. The van der Waals surface area contributed by atoms with Crippen molar-refractivity contribution < 1.29 is 21.6 Å². The molecule has 0 atom stereocenters. The van der Waals surface area contributed by atoms with Crippen molar-refractivity contribution in [3.63, 3.8) is 0 Å². The molecule has 0 aliphatic rings. The molecule has 0 spiro atoms. The standard InChI is InChI=1S/C12H12F3N3O2S/c13-12(14,15)8-1-3-9(4-2-8)18-21(19,20)11-5-10(6-16)17-7-11/h1-5,7,17-18H,6,16H2. The molecular weight excluding hydrogens is 307 g/mol. The minimum absolute atomic E-state index is 0.0390. The van der Waals surface area contributed by atoms with E-state index < -0.39 is 21.8 Å². The molecule has 21 heavy (non-hydrogen) atoms. The molecule has 0 saturated heterocycles. The zero-order valence-electron chi connectivity index (χ0n) is 10.6. The Hall–Kier alpha value is -2.00. The van der Waals surface area contributed by atoms with Gasteiger partial charge in [-0.25, -0.2) is 8.42 Å². The Morgan fingerprint density at radius 1 is 1.19 bits per heavy atom. The maximum atomic E-state index is 12.4. The molecule has 0 bridgehead atoms. The van der Waals surface area contributed by atoms with E-state index in [2.05, 4.69) is 9.71 Å². The summed E-state index contributed by atoms with van der Waals surface area (Å²) in [4.78, 5) is 2.64. The lowest BCUT2D eigenvalue weighted by molar-refractivity contribution is -0.137. The van der Waals surface area contributed by atoms with Crippen molar-refractivity contribution in [3.8, 4) is 0 Å². The Kier molecular flexibility index (Phi) is 3.97. The van der Waals surface area contributed by atoms with Gasteiger partial charge in [0.15, 0.2) is 0 Å². The predicted octanol–water partition coefficient (Wildman–Crippen LogP) is 2.29. The molecule has 2 rings (SSSR count). The quantitative estimate of drug-likeness (QED) is 0.808. The first-order valence-electron chi connectivity index (χ1n) is 5.80. The van der Waals surface area contributed by atoms with Crippen molar-refractivity contribution >= 4 is 15.7 Å². The summed E-state index contributed by atoms with van der Waals surface area (Å²) >= 11 is 0. The largest absolute Gasteiger partial charge is 0.416 e. The lowest BCUT2D eigenvalue weighted by Gasteiger charge is -2.09. The van der Waals surface area contributed by atoms with Crippen LogP contribution in [0.2, 0.25) is 0 Å². The summed E-state index contributed by atoms with van der Waals surface area (Å²) in [5.74, 6) is 0. The predicted molar refractivity (Wildman–Crippen MR) is 70.9 cm³/mol. The third-order valence-corrected chi connectivity index (χ3v) is 4.07. The molecule has 0 radical (unpaired) electrons. The van der Waals surface area contributed by atoms with Gasteiger partial charge in [-0.3, -0.25) is 4.72 Å². The van der Waals surface area contributed by atoms with Gasteiger partial charge in [-0.15, -0.1) is 0 Å². The molecule has 0 saturated carbocycles. The lowest BCUT2D eigenvalue weighted by Crippen LogP contribution is -2.12. The number of halogens is 3. The number of benzene rings is 1. The molecule has 114 valence electrons. The third kappa shape index (κ3) is 3.56. The first kappa shape index (κ1) is 15.4. The minimum atomic E-state index is -4.46. The van der Waals surface area contributed by atoms with Crippen molar-refractivity contribution in [2.45, 2.75) is 17.6 Å². The van der Waals surface area contributed by atoms with E-state index in [1.165, 1.54) is 12.3 Å². The van der Waals surface area contributed by atoms with Crippen LogP contribution in [0.15, 0.2) is 41.4 Å². The number of H-pyrrole nitrogens is 1. The average Bonchev–Trinajstić information content (AvgIpc) is 2.87. The van der Waals surface area contributed by atoms with Crippen molar-refractivity contribution in [1.29, 1.82) is 0 Å². The smallest absolute Gasteiger partial charge is 0.363 e. The Labute approximate surface area is 119 Å². The molecule has 0 aliphatic carbocycles. The Morgan fingerprint density at radius 3 is 2.29 bits per heavy atom. The summed E-state index contributed by atoms with van der Waals surface area (Å²) in [6.07, 6.45) is -3.21. The number of aromatic amines is 1. The molecule has 1 aromatic heterocycles. The van der Waals surface area contributed by atoms with Crippen LogP contribution in [0.1, 0.15) is 11.3 Å². The summed E-state index contributed by atoms with van der Waals surface area (Å²) in [6, 6.07) is 5.07. The molecule has 0 fully saturated rings. The summed E-state index contributed by atoms with van der Waals surface area (Å²) in [7, 11) is -3.87. The maximum absolute atomic E-state index is 12.4. The fourth-order valence-electron chi connectivity index (χ4n) is 1.63. The molecule has 2 aromatic rings. The van der Waals surface area contributed by atoms with Gasteiger partial charge in [-0.1, -0.05) is 0 Å². The van der Waals surface area contributed by atoms with Gasteiger partial charge < -0.3 is 10.7 Å². The Bertz CT molecular complexity index is 721. The van der Waals surface area contributed by atoms with E-state index in [0.29, 0.717) is 5.69 Å². The second-order valence-electron chi connectivity index (χ2n) is 4.25. The highest BCUT2D eigenvalue weighted by molar-refractivity contribution is 7.92. The molecule has 1 heterocycles. The summed E-state index contributed by atoms with van der Waals surface area (Å²) in [6.45, 7) is 0.149. The first-order chi connectivity index (χ1) is 9.72. The van der Waals surface area contributed by atoms with E-state index in [1.807, 2.05) is 0 Å². The molecule has 0 unspecified atom stereocenters. The van der Waals surface area contributed by atoms with Crippen LogP contribution in [0.5, 0.6) is 0 Å². The molecular formula is C12H12F3N3O2S. The van der Waals surface area contributed by atoms with E-state index in [0.717, 1.165) is 24.3 Å². The van der Waals surface area contributed by atoms with Gasteiger partial charge in [0, 0.05) is 24.1 Å². The number of aromatic nitrogens is 1. The van der Waals surface area contributed by atoms with Gasteiger partial charge >= 0.3 is 6.18 Å². The number of anilines is 1. The molecule has 5 nitrogen and oxygen atoms in total. The van der Waals surface area contributed by atoms with Crippen LogP contribution in [-0.4, -0.2) is 13.4 Å². The third-order valence-electron chi connectivity index (χ3n) is 2.71. The molecule has 0 amide bonds. The van der Waals surface area contributed by atoms with Crippen LogP contribution >= 0.6 is 0 Å². The van der Waals surface area contributed by atoms with Gasteiger partial charge in [0.1, 0.15) is 4.90 Å². The van der Waals surface area contributed by atoms with E-state index in [4.69, 9.17) is 5.73 Å². The van der Waals surface area contributed by atoms with Crippen molar-refractivity contribution in [2.75, 3.05) is 4.72 Å². The first-order valence-corrected chi connectivity index (χ1v) is 7.28. The molecule has 9 heteroatoms. The van der Waals surface area contributed by atoms with Gasteiger partial charge in [0.05, 0.1) is 5.56 Å². The highest BCUT2D eigenvalue weighted by Gasteiger charge is 2.30. The number of hydrogen-bond acceptors (Lipinski definition) is 3. The second kappa shape index (κ2) is 5.41. The summed E-state index contributed by atoms with van der Waals surface area (Å²) in [5.41, 5.74) is 5.08. The highest BCUT2D eigenvalue weighted by Crippen LogP contribution is 2.30. The zero-order valence-corrected chi connectivity index (χ0v) is 11.4. The van der Waals surface area contributed by atoms with E-state index >= 15 is 0 Å². The second-order valence-corrected chi connectivity index (χ2v) is 5.93. The Morgan fingerprint density at radius 2 is 1.81 bits per heavy atom. The average molecular weight is 319 g/mol. The van der Waals surface area contributed by atoms with Crippen LogP contribution in [0.3, 0.4) is 0 Å². The summed E-state index contributed by atoms with van der Waals surface area (Å²) in [5, 5.41) is 0. The van der Waals surface area contributed by atoms with Crippen LogP contribution < -0.4 is 10.5 Å². The van der Waals surface area contributed by atoms with Gasteiger partial charge in [0.25, 0.3) is 10.0 Å².